The highest BCUT2D eigenvalue weighted by Gasteiger charge is 2.09. The van der Waals surface area contributed by atoms with Crippen LogP contribution in [-0.4, -0.2) is 16.1 Å². The van der Waals surface area contributed by atoms with E-state index in [9.17, 15) is 4.79 Å². The number of rotatable bonds is 2. The first-order valence-electron chi connectivity index (χ1n) is 4.55. The molecule has 2 N–H and O–H groups in total. The van der Waals surface area contributed by atoms with Crippen LogP contribution in [0.3, 0.4) is 0 Å². The molecule has 2 heterocycles. The number of aromatic amines is 1. The summed E-state index contributed by atoms with van der Waals surface area (Å²) >= 11 is 1.47. The molecular weight excluding hydrogens is 210 g/mol. The third kappa shape index (κ3) is 2.24. The van der Waals surface area contributed by atoms with Gasteiger partial charge in [-0.1, -0.05) is 0 Å². The lowest BCUT2D eigenvalue weighted by Crippen LogP contribution is -2.10. The first-order chi connectivity index (χ1) is 7.15. The number of carbonyl (C=O) groups is 1. The van der Waals surface area contributed by atoms with Gasteiger partial charge in [-0.05, 0) is 26.0 Å². The smallest absolute Gasteiger partial charge is 0.266 e. The summed E-state index contributed by atoms with van der Waals surface area (Å²) in [5, 5.41) is 9.43. The monoisotopic (exact) mass is 221 g/mol. The normalized spacial score (nSPS) is 10.3. The van der Waals surface area contributed by atoms with Crippen LogP contribution in [0.25, 0.3) is 0 Å². The molecule has 78 valence electrons. The van der Waals surface area contributed by atoms with Crippen molar-refractivity contribution in [2.75, 3.05) is 5.32 Å². The van der Waals surface area contributed by atoms with Crippen molar-refractivity contribution in [1.82, 2.24) is 10.2 Å². The van der Waals surface area contributed by atoms with Crippen molar-refractivity contribution in [3.63, 3.8) is 0 Å². The minimum atomic E-state index is -0.111. The SMILES string of the molecule is Cc1cc(NC(=O)c2ccc(C)s2)n[nH]1. The van der Waals surface area contributed by atoms with Gasteiger partial charge < -0.3 is 5.32 Å². The molecule has 5 heteroatoms. The molecule has 0 bridgehead atoms. The van der Waals surface area contributed by atoms with Gasteiger partial charge in [0.25, 0.3) is 5.91 Å². The van der Waals surface area contributed by atoms with Crippen molar-refractivity contribution in [2.45, 2.75) is 13.8 Å². The Balaban J connectivity index is 2.10. The summed E-state index contributed by atoms with van der Waals surface area (Å²) in [5.41, 5.74) is 0.924. The van der Waals surface area contributed by atoms with Crippen LogP contribution in [0.15, 0.2) is 18.2 Å². The fourth-order valence-electron chi connectivity index (χ4n) is 1.22. The number of anilines is 1. The Morgan fingerprint density at radius 2 is 2.27 bits per heavy atom. The Morgan fingerprint density at radius 3 is 2.80 bits per heavy atom. The third-order valence-corrected chi connectivity index (χ3v) is 2.91. The summed E-state index contributed by atoms with van der Waals surface area (Å²) < 4.78 is 0. The summed E-state index contributed by atoms with van der Waals surface area (Å²) in [6, 6.07) is 5.53. The van der Waals surface area contributed by atoms with E-state index in [1.165, 1.54) is 11.3 Å². The van der Waals surface area contributed by atoms with Gasteiger partial charge in [-0.15, -0.1) is 11.3 Å². The highest BCUT2D eigenvalue weighted by molar-refractivity contribution is 7.14. The van der Waals surface area contributed by atoms with Gasteiger partial charge in [0.2, 0.25) is 0 Å². The number of aromatic nitrogens is 2. The quantitative estimate of drug-likeness (QED) is 0.817. The lowest BCUT2D eigenvalue weighted by atomic mass is 10.4. The number of hydrogen-bond acceptors (Lipinski definition) is 3. The minimum Gasteiger partial charge on any atom is -0.304 e. The number of nitrogens with zero attached hydrogens (tertiary/aromatic N) is 1. The van der Waals surface area contributed by atoms with Crippen LogP contribution in [0.5, 0.6) is 0 Å². The lowest BCUT2D eigenvalue weighted by Gasteiger charge is -1.97. The van der Waals surface area contributed by atoms with E-state index in [2.05, 4.69) is 15.5 Å². The molecule has 1 amide bonds. The molecule has 0 spiro atoms. The number of aryl methyl sites for hydroxylation is 2. The van der Waals surface area contributed by atoms with Crippen LogP contribution < -0.4 is 5.32 Å². The molecule has 2 rings (SSSR count). The van der Waals surface area contributed by atoms with E-state index in [0.717, 1.165) is 10.6 Å². The maximum Gasteiger partial charge on any atom is 0.266 e. The Labute approximate surface area is 91.3 Å². The zero-order valence-corrected chi connectivity index (χ0v) is 9.31. The summed E-state index contributed by atoms with van der Waals surface area (Å²) in [5.74, 6) is 0.447. The Kier molecular flexibility index (Phi) is 2.55. The average Bonchev–Trinajstić information content (AvgIpc) is 2.75. The molecule has 0 aromatic carbocycles. The summed E-state index contributed by atoms with van der Waals surface area (Å²) in [7, 11) is 0. The highest BCUT2D eigenvalue weighted by Crippen LogP contribution is 2.16. The minimum absolute atomic E-state index is 0.111. The topological polar surface area (TPSA) is 57.8 Å². The molecule has 2 aromatic rings. The zero-order valence-electron chi connectivity index (χ0n) is 8.50. The maximum atomic E-state index is 11.7. The Morgan fingerprint density at radius 1 is 1.47 bits per heavy atom. The van der Waals surface area contributed by atoms with E-state index in [1.54, 1.807) is 6.07 Å². The first kappa shape index (κ1) is 9.92. The Hall–Kier alpha value is -1.62. The van der Waals surface area contributed by atoms with Crippen molar-refractivity contribution in [2.24, 2.45) is 0 Å². The average molecular weight is 221 g/mol. The van der Waals surface area contributed by atoms with Crippen molar-refractivity contribution in [1.29, 1.82) is 0 Å². The van der Waals surface area contributed by atoms with Crippen molar-refractivity contribution >= 4 is 23.1 Å². The van der Waals surface area contributed by atoms with E-state index >= 15 is 0 Å². The van der Waals surface area contributed by atoms with Crippen molar-refractivity contribution in [3.8, 4) is 0 Å². The molecule has 0 aliphatic rings. The third-order valence-electron chi connectivity index (χ3n) is 1.91. The van der Waals surface area contributed by atoms with Gasteiger partial charge in [-0.3, -0.25) is 9.89 Å². The van der Waals surface area contributed by atoms with Crippen LogP contribution in [0.2, 0.25) is 0 Å². The molecule has 0 saturated heterocycles. The number of amides is 1. The van der Waals surface area contributed by atoms with Gasteiger partial charge in [-0.25, -0.2) is 0 Å². The molecule has 0 aliphatic carbocycles. The molecule has 2 aromatic heterocycles. The molecule has 0 unspecified atom stereocenters. The second-order valence-electron chi connectivity index (χ2n) is 3.30. The molecule has 0 saturated carbocycles. The van der Waals surface area contributed by atoms with Crippen molar-refractivity contribution in [3.05, 3.63) is 33.6 Å². The molecule has 0 atom stereocenters. The molecule has 4 nitrogen and oxygen atoms in total. The molecule has 0 fully saturated rings. The summed E-state index contributed by atoms with van der Waals surface area (Å²) in [6.07, 6.45) is 0. The van der Waals surface area contributed by atoms with Crippen LogP contribution in [0, 0.1) is 13.8 Å². The lowest BCUT2D eigenvalue weighted by molar-refractivity contribution is 0.103. The largest absolute Gasteiger partial charge is 0.304 e. The fourth-order valence-corrected chi connectivity index (χ4v) is 1.98. The molecule has 15 heavy (non-hydrogen) atoms. The Bertz CT molecular complexity index is 486. The number of carbonyl (C=O) groups excluding carboxylic acids is 1. The van der Waals surface area contributed by atoms with Gasteiger partial charge in [0.05, 0.1) is 4.88 Å². The maximum absolute atomic E-state index is 11.7. The predicted octanol–water partition coefficient (Wildman–Crippen LogP) is 2.34. The van der Waals surface area contributed by atoms with Crippen molar-refractivity contribution < 1.29 is 4.79 Å². The first-order valence-corrected chi connectivity index (χ1v) is 5.36. The van der Waals surface area contributed by atoms with Crippen LogP contribution in [0.4, 0.5) is 5.82 Å². The van der Waals surface area contributed by atoms with E-state index in [0.29, 0.717) is 10.7 Å². The van der Waals surface area contributed by atoms with E-state index in [1.807, 2.05) is 26.0 Å². The van der Waals surface area contributed by atoms with Gasteiger partial charge in [0.1, 0.15) is 0 Å². The van der Waals surface area contributed by atoms with Gasteiger partial charge >= 0.3 is 0 Å². The number of thiophene rings is 1. The summed E-state index contributed by atoms with van der Waals surface area (Å²) in [6.45, 7) is 3.86. The number of hydrogen-bond donors (Lipinski definition) is 2. The highest BCUT2D eigenvalue weighted by atomic mass is 32.1. The van der Waals surface area contributed by atoms with E-state index in [-0.39, 0.29) is 5.91 Å². The van der Waals surface area contributed by atoms with Crippen LogP contribution in [0.1, 0.15) is 20.2 Å². The van der Waals surface area contributed by atoms with E-state index < -0.39 is 0 Å². The van der Waals surface area contributed by atoms with Gasteiger partial charge in [0.15, 0.2) is 5.82 Å². The molecule has 0 aliphatic heterocycles. The molecular formula is C10H11N3OS. The van der Waals surface area contributed by atoms with Crippen LogP contribution >= 0.6 is 11.3 Å². The van der Waals surface area contributed by atoms with Gasteiger partial charge in [0, 0.05) is 16.6 Å². The standard InChI is InChI=1S/C10H11N3OS/c1-6-5-9(13-12-6)11-10(14)8-4-3-7(2)15-8/h3-5H,1-2H3,(H2,11,12,13,14). The number of H-pyrrole nitrogens is 1. The number of nitrogens with one attached hydrogen (secondary N) is 2. The van der Waals surface area contributed by atoms with Gasteiger partial charge in [-0.2, -0.15) is 5.10 Å². The van der Waals surface area contributed by atoms with Crippen LogP contribution in [-0.2, 0) is 0 Å². The fraction of sp³-hybridized carbons (Fsp3) is 0.200. The second-order valence-corrected chi connectivity index (χ2v) is 4.59. The predicted molar refractivity (Wildman–Crippen MR) is 60.3 cm³/mol. The zero-order chi connectivity index (χ0) is 10.8. The second kappa shape index (κ2) is 3.86. The summed E-state index contributed by atoms with van der Waals surface area (Å²) in [4.78, 5) is 13.5. The van der Waals surface area contributed by atoms with E-state index in [4.69, 9.17) is 0 Å². The molecule has 0 radical (unpaired) electrons.